The lowest BCUT2D eigenvalue weighted by molar-refractivity contribution is 0.0906. The molecule has 1 aromatic carbocycles. The third kappa shape index (κ3) is 3.76. The van der Waals surface area contributed by atoms with Gasteiger partial charge in [0, 0.05) is 6.04 Å². The third-order valence-electron chi connectivity index (χ3n) is 3.02. The molecule has 2 rings (SSSR count). The molecule has 1 N–H and O–H groups in total. The second kappa shape index (κ2) is 6.47. The summed E-state index contributed by atoms with van der Waals surface area (Å²) in [7, 11) is 0. The Balaban J connectivity index is 1.79. The van der Waals surface area contributed by atoms with Crippen LogP contribution in [0.4, 0.5) is 4.39 Å². The Labute approximate surface area is 110 Å². The molecular formula is C13H17BrFNO. The fourth-order valence-electron chi connectivity index (χ4n) is 2.04. The topological polar surface area (TPSA) is 21.3 Å². The van der Waals surface area contributed by atoms with E-state index in [0.717, 1.165) is 12.1 Å². The summed E-state index contributed by atoms with van der Waals surface area (Å²) < 4.78 is 19.4. The lowest BCUT2D eigenvalue weighted by atomic mass is 10.1. The molecule has 2 nitrogen and oxygen atoms in total. The second-order valence-corrected chi connectivity index (χ2v) is 5.17. The second-order valence-electron chi connectivity index (χ2n) is 4.37. The summed E-state index contributed by atoms with van der Waals surface area (Å²) in [5, 5.41) is 3.42. The molecule has 1 aliphatic rings. The van der Waals surface area contributed by atoms with E-state index in [0.29, 0.717) is 23.7 Å². The Morgan fingerprint density at radius 1 is 1.41 bits per heavy atom. The Hall–Kier alpha value is -0.450. The Morgan fingerprint density at radius 2 is 2.29 bits per heavy atom. The van der Waals surface area contributed by atoms with Crippen LogP contribution in [-0.4, -0.2) is 19.2 Å². The maximum atomic E-state index is 13.2. The molecule has 1 unspecified atom stereocenters. The highest BCUT2D eigenvalue weighted by Gasteiger charge is 2.12. The van der Waals surface area contributed by atoms with Gasteiger partial charge in [-0.15, -0.1) is 0 Å². The van der Waals surface area contributed by atoms with Gasteiger partial charge in [-0.1, -0.05) is 18.6 Å². The van der Waals surface area contributed by atoms with Gasteiger partial charge < -0.3 is 10.1 Å². The first-order valence-electron chi connectivity index (χ1n) is 6.01. The van der Waals surface area contributed by atoms with Gasteiger partial charge in [0.1, 0.15) is 5.82 Å². The van der Waals surface area contributed by atoms with Crippen molar-refractivity contribution in [3.8, 4) is 0 Å². The highest BCUT2D eigenvalue weighted by Crippen LogP contribution is 2.21. The van der Waals surface area contributed by atoms with Gasteiger partial charge in [0.25, 0.3) is 0 Å². The molecule has 0 radical (unpaired) electrons. The van der Waals surface area contributed by atoms with Crippen LogP contribution in [0.25, 0.3) is 0 Å². The Morgan fingerprint density at radius 3 is 3.06 bits per heavy atom. The van der Waals surface area contributed by atoms with E-state index in [-0.39, 0.29) is 5.82 Å². The molecule has 1 atom stereocenters. The minimum atomic E-state index is -0.234. The molecular weight excluding hydrogens is 285 g/mol. The number of rotatable bonds is 4. The molecule has 1 heterocycles. The monoisotopic (exact) mass is 301 g/mol. The minimum Gasteiger partial charge on any atom is -0.375 e. The molecule has 1 fully saturated rings. The van der Waals surface area contributed by atoms with Crippen LogP contribution in [-0.2, 0) is 11.3 Å². The first-order valence-corrected chi connectivity index (χ1v) is 6.80. The predicted molar refractivity (Wildman–Crippen MR) is 69.4 cm³/mol. The van der Waals surface area contributed by atoms with E-state index in [2.05, 4.69) is 21.2 Å². The van der Waals surface area contributed by atoms with E-state index in [1.54, 1.807) is 6.07 Å². The molecule has 4 heteroatoms. The lowest BCUT2D eigenvalue weighted by Gasteiger charge is -2.23. The molecule has 94 valence electrons. The summed E-state index contributed by atoms with van der Waals surface area (Å²) in [5.41, 5.74) is 0.862. The van der Waals surface area contributed by atoms with Crippen LogP contribution in [0.1, 0.15) is 24.8 Å². The van der Waals surface area contributed by atoms with Crippen LogP contribution in [0.2, 0.25) is 0 Å². The largest absolute Gasteiger partial charge is 0.375 e. The van der Waals surface area contributed by atoms with Gasteiger partial charge in [0.15, 0.2) is 0 Å². The summed E-state index contributed by atoms with van der Waals surface area (Å²) >= 11 is 3.24. The summed E-state index contributed by atoms with van der Waals surface area (Å²) in [4.78, 5) is 0. The van der Waals surface area contributed by atoms with Gasteiger partial charge in [-0.25, -0.2) is 4.39 Å². The van der Waals surface area contributed by atoms with Crippen molar-refractivity contribution >= 4 is 15.9 Å². The molecule has 0 amide bonds. The van der Waals surface area contributed by atoms with Crippen molar-refractivity contribution < 1.29 is 9.13 Å². The number of nitrogens with one attached hydrogen (secondary N) is 1. The summed E-state index contributed by atoms with van der Waals surface area (Å²) in [6.07, 6.45) is 3.70. The van der Waals surface area contributed by atoms with E-state index in [4.69, 9.17) is 4.74 Å². The van der Waals surface area contributed by atoms with Crippen molar-refractivity contribution in [1.29, 1.82) is 0 Å². The fourth-order valence-corrected chi connectivity index (χ4v) is 2.42. The first kappa shape index (κ1) is 13.0. The highest BCUT2D eigenvalue weighted by atomic mass is 79.9. The first-order chi connectivity index (χ1) is 8.27. The molecule has 0 spiro atoms. The van der Waals surface area contributed by atoms with E-state index in [1.807, 2.05) is 6.07 Å². The molecule has 17 heavy (non-hydrogen) atoms. The van der Waals surface area contributed by atoms with E-state index < -0.39 is 0 Å². The smallest absolute Gasteiger partial charge is 0.137 e. The van der Waals surface area contributed by atoms with Crippen molar-refractivity contribution in [2.24, 2.45) is 0 Å². The van der Waals surface area contributed by atoms with Gasteiger partial charge in [-0.3, -0.25) is 0 Å². The van der Waals surface area contributed by atoms with Crippen molar-refractivity contribution in [3.63, 3.8) is 0 Å². The van der Waals surface area contributed by atoms with Gasteiger partial charge in [-0.05, 0) is 46.9 Å². The number of piperidine rings is 1. The van der Waals surface area contributed by atoms with Crippen molar-refractivity contribution in [2.75, 3.05) is 13.2 Å². The van der Waals surface area contributed by atoms with Crippen LogP contribution in [0.3, 0.4) is 0 Å². The molecule has 1 aromatic rings. The van der Waals surface area contributed by atoms with Gasteiger partial charge in [0.05, 0.1) is 17.7 Å². The van der Waals surface area contributed by atoms with Crippen LogP contribution in [0.15, 0.2) is 22.7 Å². The average Bonchev–Trinajstić information content (AvgIpc) is 2.36. The third-order valence-corrected chi connectivity index (χ3v) is 3.91. The summed E-state index contributed by atoms with van der Waals surface area (Å²) in [6, 6.07) is 5.48. The quantitative estimate of drug-likeness (QED) is 0.922. The van der Waals surface area contributed by atoms with Crippen LogP contribution in [0.5, 0.6) is 0 Å². The van der Waals surface area contributed by atoms with Crippen molar-refractivity contribution in [2.45, 2.75) is 31.9 Å². The summed E-state index contributed by atoms with van der Waals surface area (Å²) in [6.45, 7) is 2.23. The van der Waals surface area contributed by atoms with Crippen LogP contribution in [0, 0.1) is 5.82 Å². The fraction of sp³-hybridized carbons (Fsp3) is 0.538. The normalized spacial score (nSPS) is 20.5. The molecule has 0 aromatic heterocycles. The number of hydrogen-bond acceptors (Lipinski definition) is 2. The number of ether oxygens (including phenoxy) is 1. The van der Waals surface area contributed by atoms with Crippen LogP contribution >= 0.6 is 15.9 Å². The Bertz CT molecular complexity index is 366. The molecule has 1 saturated heterocycles. The maximum absolute atomic E-state index is 13.2. The highest BCUT2D eigenvalue weighted by molar-refractivity contribution is 9.10. The van der Waals surface area contributed by atoms with Crippen LogP contribution < -0.4 is 5.32 Å². The summed E-state index contributed by atoms with van der Waals surface area (Å²) in [5.74, 6) is -0.234. The standard InChI is InChI=1S/C13H17BrFNO/c14-13-10(4-3-6-12(13)15)8-17-9-11-5-1-2-7-16-11/h3-4,6,11,16H,1-2,5,7-9H2. The predicted octanol–water partition coefficient (Wildman–Crippen LogP) is 3.25. The van der Waals surface area contributed by atoms with E-state index >= 15 is 0 Å². The maximum Gasteiger partial charge on any atom is 0.137 e. The zero-order valence-corrected chi connectivity index (χ0v) is 11.3. The molecule has 0 saturated carbocycles. The minimum absolute atomic E-state index is 0.234. The van der Waals surface area contributed by atoms with Gasteiger partial charge in [-0.2, -0.15) is 0 Å². The van der Waals surface area contributed by atoms with E-state index in [9.17, 15) is 4.39 Å². The van der Waals surface area contributed by atoms with Gasteiger partial charge in [0.2, 0.25) is 0 Å². The molecule has 1 aliphatic heterocycles. The van der Waals surface area contributed by atoms with E-state index in [1.165, 1.54) is 25.3 Å². The Kier molecular flexibility index (Phi) is 4.95. The van der Waals surface area contributed by atoms with Crippen molar-refractivity contribution in [1.82, 2.24) is 5.32 Å². The molecule has 0 aliphatic carbocycles. The zero-order valence-electron chi connectivity index (χ0n) is 9.72. The van der Waals surface area contributed by atoms with Crippen molar-refractivity contribution in [3.05, 3.63) is 34.1 Å². The van der Waals surface area contributed by atoms with Gasteiger partial charge >= 0.3 is 0 Å². The SMILES string of the molecule is Fc1cccc(COCC2CCCCN2)c1Br. The zero-order chi connectivity index (χ0) is 12.1. The number of benzene rings is 1. The lowest BCUT2D eigenvalue weighted by Crippen LogP contribution is -2.37. The average molecular weight is 302 g/mol. The number of hydrogen-bond donors (Lipinski definition) is 1. The number of halogens is 2. The molecule has 0 bridgehead atoms.